The summed E-state index contributed by atoms with van der Waals surface area (Å²) in [6.07, 6.45) is 1.56. The number of benzene rings is 3. The van der Waals surface area contributed by atoms with Gasteiger partial charge in [0.2, 0.25) is 0 Å². The van der Waals surface area contributed by atoms with Crippen LogP contribution in [-0.4, -0.2) is 12.1 Å². The third kappa shape index (κ3) is 4.71. The summed E-state index contributed by atoms with van der Waals surface area (Å²) in [6, 6.07) is 23.9. The molecule has 0 unspecified atom stereocenters. The highest BCUT2D eigenvalue weighted by atomic mass is 35.5. The molecule has 4 nitrogen and oxygen atoms in total. The van der Waals surface area contributed by atoms with Crippen molar-refractivity contribution in [2.24, 2.45) is 5.10 Å². The SMILES string of the molecule is O=C(N/N=C\c1ccccc1OCc1ccccc1Cl)c1ccccc1. The number of carbonyl (C=O) groups is 1. The lowest BCUT2D eigenvalue weighted by Crippen LogP contribution is -2.17. The van der Waals surface area contributed by atoms with Gasteiger partial charge in [0.1, 0.15) is 12.4 Å². The molecule has 0 aliphatic rings. The van der Waals surface area contributed by atoms with Crippen molar-refractivity contribution in [1.82, 2.24) is 5.43 Å². The van der Waals surface area contributed by atoms with E-state index in [2.05, 4.69) is 10.5 Å². The lowest BCUT2D eigenvalue weighted by molar-refractivity contribution is 0.0955. The first kappa shape index (κ1) is 17.7. The number of ether oxygens (including phenoxy) is 1. The van der Waals surface area contributed by atoms with Gasteiger partial charge in [0.15, 0.2) is 0 Å². The van der Waals surface area contributed by atoms with Crippen LogP contribution < -0.4 is 10.2 Å². The van der Waals surface area contributed by atoms with Gasteiger partial charge in [0, 0.05) is 21.7 Å². The van der Waals surface area contributed by atoms with Crippen molar-refractivity contribution < 1.29 is 9.53 Å². The highest BCUT2D eigenvalue weighted by Crippen LogP contribution is 2.20. The van der Waals surface area contributed by atoms with E-state index in [0.717, 1.165) is 11.1 Å². The summed E-state index contributed by atoms with van der Waals surface area (Å²) < 4.78 is 5.86. The van der Waals surface area contributed by atoms with Crippen molar-refractivity contribution >= 4 is 23.7 Å². The molecule has 0 spiro atoms. The van der Waals surface area contributed by atoms with Gasteiger partial charge in [-0.05, 0) is 30.3 Å². The fourth-order valence-corrected chi connectivity index (χ4v) is 2.49. The molecule has 130 valence electrons. The lowest BCUT2D eigenvalue weighted by Gasteiger charge is -2.10. The molecule has 0 bridgehead atoms. The second kappa shape index (κ2) is 8.83. The number of hydrogen-bond donors (Lipinski definition) is 1. The molecule has 0 aliphatic carbocycles. The van der Waals surface area contributed by atoms with E-state index < -0.39 is 0 Å². The van der Waals surface area contributed by atoms with E-state index in [4.69, 9.17) is 16.3 Å². The van der Waals surface area contributed by atoms with Crippen molar-refractivity contribution in [2.45, 2.75) is 6.61 Å². The minimum absolute atomic E-state index is 0.267. The summed E-state index contributed by atoms with van der Waals surface area (Å²) in [5, 5.41) is 4.68. The van der Waals surface area contributed by atoms with Crippen LogP contribution >= 0.6 is 11.6 Å². The number of carbonyl (C=O) groups excluding carboxylic acids is 1. The van der Waals surface area contributed by atoms with Crippen LogP contribution in [0.25, 0.3) is 0 Å². The van der Waals surface area contributed by atoms with E-state index in [1.165, 1.54) is 0 Å². The zero-order valence-electron chi connectivity index (χ0n) is 13.9. The first-order valence-electron chi connectivity index (χ1n) is 8.08. The molecule has 0 saturated carbocycles. The van der Waals surface area contributed by atoms with Gasteiger partial charge in [0.05, 0.1) is 6.21 Å². The number of nitrogens with zero attached hydrogens (tertiary/aromatic N) is 1. The van der Waals surface area contributed by atoms with Gasteiger partial charge in [-0.2, -0.15) is 5.10 Å². The monoisotopic (exact) mass is 364 g/mol. The van der Waals surface area contributed by atoms with Crippen LogP contribution in [0.4, 0.5) is 0 Å². The summed E-state index contributed by atoms with van der Waals surface area (Å²) in [5.74, 6) is 0.390. The van der Waals surface area contributed by atoms with Crippen LogP contribution in [0.5, 0.6) is 5.75 Å². The Morgan fingerprint density at radius 1 is 0.962 bits per heavy atom. The Balaban J connectivity index is 1.65. The Kier molecular flexibility index (Phi) is 6.01. The Labute approximate surface area is 157 Å². The fraction of sp³-hybridized carbons (Fsp3) is 0.0476. The average Bonchev–Trinajstić information content (AvgIpc) is 2.69. The second-order valence-corrected chi connectivity index (χ2v) is 5.89. The molecule has 0 saturated heterocycles. The first-order chi connectivity index (χ1) is 12.7. The minimum atomic E-state index is -0.267. The predicted octanol–water partition coefficient (Wildman–Crippen LogP) is 4.68. The van der Waals surface area contributed by atoms with E-state index in [1.807, 2.05) is 54.6 Å². The topological polar surface area (TPSA) is 50.7 Å². The third-order valence-corrected chi connectivity index (χ3v) is 4.03. The van der Waals surface area contributed by atoms with Crippen molar-refractivity contribution in [3.05, 3.63) is 101 Å². The summed E-state index contributed by atoms with van der Waals surface area (Å²) in [5.41, 5.74) is 4.72. The predicted molar refractivity (Wildman–Crippen MR) is 104 cm³/mol. The van der Waals surface area contributed by atoms with E-state index in [1.54, 1.807) is 30.5 Å². The standard InChI is InChI=1S/C21H17ClN2O2/c22-19-12-6-4-11-18(19)15-26-20-13-7-5-10-17(20)14-23-24-21(25)16-8-2-1-3-9-16/h1-14H,15H2,(H,24,25)/b23-14-. The van der Waals surface area contributed by atoms with Gasteiger partial charge in [-0.1, -0.05) is 60.1 Å². The molecule has 26 heavy (non-hydrogen) atoms. The Morgan fingerprint density at radius 2 is 1.65 bits per heavy atom. The zero-order chi connectivity index (χ0) is 18.2. The number of amides is 1. The van der Waals surface area contributed by atoms with E-state index in [0.29, 0.717) is 22.9 Å². The molecule has 0 atom stereocenters. The lowest BCUT2D eigenvalue weighted by atomic mass is 10.2. The van der Waals surface area contributed by atoms with Gasteiger partial charge in [-0.25, -0.2) is 5.43 Å². The molecule has 0 aromatic heterocycles. The number of nitrogens with one attached hydrogen (secondary N) is 1. The van der Waals surface area contributed by atoms with Gasteiger partial charge >= 0.3 is 0 Å². The van der Waals surface area contributed by atoms with E-state index in [9.17, 15) is 4.79 Å². The Bertz CT molecular complexity index is 911. The summed E-state index contributed by atoms with van der Waals surface area (Å²) in [4.78, 5) is 12.0. The Morgan fingerprint density at radius 3 is 2.46 bits per heavy atom. The van der Waals surface area contributed by atoms with E-state index in [-0.39, 0.29) is 5.91 Å². The highest BCUT2D eigenvalue weighted by Gasteiger charge is 2.05. The summed E-state index contributed by atoms with van der Waals surface area (Å²) >= 11 is 6.15. The minimum Gasteiger partial charge on any atom is -0.488 e. The molecule has 3 rings (SSSR count). The number of hydrazone groups is 1. The van der Waals surface area contributed by atoms with Gasteiger partial charge < -0.3 is 4.74 Å². The van der Waals surface area contributed by atoms with Crippen LogP contribution in [0.15, 0.2) is 84.0 Å². The number of para-hydroxylation sites is 1. The maximum atomic E-state index is 12.0. The third-order valence-electron chi connectivity index (χ3n) is 3.67. The van der Waals surface area contributed by atoms with Crippen LogP contribution in [0.3, 0.4) is 0 Å². The maximum Gasteiger partial charge on any atom is 0.271 e. The second-order valence-electron chi connectivity index (χ2n) is 5.48. The molecule has 5 heteroatoms. The number of halogens is 1. The molecule has 3 aromatic rings. The largest absolute Gasteiger partial charge is 0.488 e. The fourth-order valence-electron chi connectivity index (χ4n) is 2.30. The smallest absolute Gasteiger partial charge is 0.271 e. The maximum absolute atomic E-state index is 12.0. The molecule has 0 aliphatic heterocycles. The van der Waals surface area contributed by atoms with Crippen molar-refractivity contribution in [3.8, 4) is 5.75 Å². The van der Waals surface area contributed by atoms with Gasteiger partial charge in [-0.3, -0.25) is 4.79 Å². The summed E-state index contributed by atoms with van der Waals surface area (Å²) in [6.45, 7) is 0.348. The van der Waals surface area contributed by atoms with Crippen molar-refractivity contribution in [1.29, 1.82) is 0 Å². The molecule has 1 amide bonds. The van der Waals surface area contributed by atoms with Crippen LogP contribution in [0, 0.1) is 0 Å². The molecular weight excluding hydrogens is 348 g/mol. The van der Waals surface area contributed by atoms with Crippen LogP contribution in [0.2, 0.25) is 5.02 Å². The highest BCUT2D eigenvalue weighted by molar-refractivity contribution is 6.31. The number of rotatable bonds is 6. The molecule has 0 fully saturated rings. The quantitative estimate of drug-likeness (QED) is 0.510. The molecule has 3 aromatic carbocycles. The first-order valence-corrected chi connectivity index (χ1v) is 8.45. The normalized spacial score (nSPS) is 10.7. The summed E-state index contributed by atoms with van der Waals surface area (Å²) in [7, 11) is 0. The van der Waals surface area contributed by atoms with Gasteiger partial charge in [0.25, 0.3) is 5.91 Å². The molecule has 1 N–H and O–H groups in total. The van der Waals surface area contributed by atoms with Crippen LogP contribution in [0.1, 0.15) is 21.5 Å². The van der Waals surface area contributed by atoms with Crippen molar-refractivity contribution in [3.63, 3.8) is 0 Å². The number of hydrogen-bond acceptors (Lipinski definition) is 3. The molecular formula is C21H17ClN2O2. The van der Waals surface area contributed by atoms with Gasteiger partial charge in [-0.15, -0.1) is 0 Å². The van der Waals surface area contributed by atoms with E-state index >= 15 is 0 Å². The molecule has 0 heterocycles. The molecule has 0 radical (unpaired) electrons. The average molecular weight is 365 g/mol. The van der Waals surface area contributed by atoms with Crippen LogP contribution in [-0.2, 0) is 6.61 Å². The van der Waals surface area contributed by atoms with Crippen molar-refractivity contribution in [2.75, 3.05) is 0 Å². The Hall–Kier alpha value is -3.11. The zero-order valence-corrected chi connectivity index (χ0v) is 14.7.